The van der Waals surface area contributed by atoms with E-state index in [1.165, 1.54) is 0 Å². The zero-order valence-electron chi connectivity index (χ0n) is 10.5. The Balaban J connectivity index is 0.00000133. The third-order valence-electron chi connectivity index (χ3n) is 3.00. The quantitative estimate of drug-likeness (QED) is 0.717. The second-order valence-electron chi connectivity index (χ2n) is 4.29. The van der Waals surface area contributed by atoms with Gasteiger partial charge >= 0.3 is 0 Å². The first-order valence-corrected chi connectivity index (χ1v) is 6.61. The fourth-order valence-electron chi connectivity index (χ4n) is 2.03. The fourth-order valence-corrected chi connectivity index (χ4v) is 2.63. The Kier molecular flexibility index (Phi) is 4.77. The van der Waals surface area contributed by atoms with Gasteiger partial charge in [0.05, 0.1) is 11.0 Å². The maximum Gasteiger partial charge on any atom is 0.231 e. The standard InChI is InChI=1S/C12H14BrN3O2.HI/c1-16-3-2-14-12(16)15-6-8-4-9(13)11-10(5-8)17-7-18-11;/h4-5H,2-3,6-7H2,1H3,(H,14,15);1H. The van der Waals surface area contributed by atoms with E-state index in [1.54, 1.807) is 0 Å². The Morgan fingerprint density at radius 1 is 1.42 bits per heavy atom. The number of guanidine groups is 1. The monoisotopic (exact) mass is 439 g/mol. The molecule has 0 spiro atoms. The minimum atomic E-state index is 0. The van der Waals surface area contributed by atoms with Crippen LogP contribution in [0.1, 0.15) is 5.56 Å². The van der Waals surface area contributed by atoms with Crippen LogP contribution in [-0.4, -0.2) is 37.8 Å². The van der Waals surface area contributed by atoms with Crippen molar-refractivity contribution in [1.82, 2.24) is 10.2 Å². The molecule has 0 bridgehead atoms. The van der Waals surface area contributed by atoms with Gasteiger partial charge < -0.3 is 19.7 Å². The van der Waals surface area contributed by atoms with Gasteiger partial charge in [-0.2, -0.15) is 0 Å². The van der Waals surface area contributed by atoms with E-state index in [0.717, 1.165) is 47.1 Å². The van der Waals surface area contributed by atoms with Crippen molar-refractivity contribution in [2.24, 2.45) is 4.99 Å². The Morgan fingerprint density at radius 2 is 2.26 bits per heavy atom. The Morgan fingerprint density at radius 3 is 3.00 bits per heavy atom. The van der Waals surface area contributed by atoms with Gasteiger partial charge in [-0.15, -0.1) is 24.0 Å². The molecule has 0 fully saturated rings. The van der Waals surface area contributed by atoms with Crippen LogP contribution in [0.15, 0.2) is 21.6 Å². The van der Waals surface area contributed by atoms with Crippen LogP contribution in [0, 0.1) is 0 Å². The van der Waals surface area contributed by atoms with Crippen LogP contribution in [0.3, 0.4) is 0 Å². The van der Waals surface area contributed by atoms with E-state index in [-0.39, 0.29) is 24.0 Å². The van der Waals surface area contributed by atoms with Crippen LogP contribution in [0.4, 0.5) is 0 Å². The second-order valence-corrected chi connectivity index (χ2v) is 5.15. The summed E-state index contributed by atoms with van der Waals surface area (Å²) in [5.74, 6) is 2.53. The largest absolute Gasteiger partial charge is 0.454 e. The molecule has 0 aliphatic carbocycles. The summed E-state index contributed by atoms with van der Waals surface area (Å²) in [5.41, 5.74) is 1.13. The lowest BCUT2D eigenvalue weighted by atomic mass is 10.2. The average molecular weight is 440 g/mol. The lowest BCUT2D eigenvalue weighted by Crippen LogP contribution is -2.35. The topological polar surface area (TPSA) is 46.1 Å². The van der Waals surface area contributed by atoms with E-state index in [1.807, 2.05) is 19.2 Å². The van der Waals surface area contributed by atoms with Crippen molar-refractivity contribution in [2.75, 3.05) is 26.9 Å². The Labute approximate surface area is 137 Å². The van der Waals surface area contributed by atoms with E-state index in [2.05, 4.69) is 31.1 Å². The van der Waals surface area contributed by atoms with E-state index in [4.69, 9.17) is 9.47 Å². The molecule has 1 N–H and O–H groups in total. The summed E-state index contributed by atoms with van der Waals surface area (Å²) in [6.45, 7) is 2.86. The summed E-state index contributed by atoms with van der Waals surface area (Å²) in [6.07, 6.45) is 0. The number of benzene rings is 1. The highest BCUT2D eigenvalue weighted by atomic mass is 127. The summed E-state index contributed by atoms with van der Waals surface area (Å²) < 4.78 is 11.7. The van der Waals surface area contributed by atoms with E-state index >= 15 is 0 Å². The van der Waals surface area contributed by atoms with Gasteiger partial charge in [0.15, 0.2) is 17.5 Å². The predicted octanol–water partition coefficient (Wildman–Crippen LogP) is 2.19. The number of ether oxygens (including phenoxy) is 2. The van der Waals surface area contributed by atoms with Crippen molar-refractivity contribution >= 4 is 45.9 Å². The number of fused-ring (bicyclic) bond motifs is 1. The van der Waals surface area contributed by atoms with Gasteiger partial charge in [-0.1, -0.05) is 0 Å². The van der Waals surface area contributed by atoms with Gasteiger partial charge in [0.2, 0.25) is 6.79 Å². The number of hydrogen-bond donors (Lipinski definition) is 1. The SMILES string of the molecule is CN1CCN=C1NCc1cc(Br)c2c(c1)OCO2.I. The van der Waals surface area contributed by atoms with Gasteiger partial charge in [-0.3, -0.25) is 4.99 Å². The molecule has 0 atom stereocenters. The Bertz CT molecular complexity index is 510. The summed E-state index contributed by atoms with van der Waals surface area (Å²) in [6, 6.07) is 4.03. The number of likely N-dealkylation sites (N-methyl/N-ethyl adjacent to an activating group) is 1. The maximum atomic E-state index is 5.39. The minimum Gasteiger partial charge on any atom is -0.454 e. The lowest BCUT2D eigenvalue weighted by Gasteiger charge is -2.15. The fraction of sp³-hybridized carbons (Fsp3) is 0.417. The van der Waals surface area contributed by atoms with E-state index < -0.39 is 0 Å². The van der Waals surface area contributed by atoms with Crippen LogP contribution in [0.2, 0.25) is 0 Å². The number of hydrogen-bond acceptors (Lipinski definition) is 5. The second kappa shape index (κ2) is 6.17. The molecule has 7 heteroatoms. The summed E-state index contributed by atoms with van der Waals surface area (Å²) in [5, 5.41) is 3.32. The highest BCUT2D eigenvalue weighted by molar-refractivity contribution is 14.0. The van der Waals surface area contributed by atoms with Gasteiger partial charge in [-0.05, 0) is 33.6 Å². The molecular weight excluding hydrogens is 425 g/mol. The first-order valence-electron chi connectivity index (χ1n) is 5.81. The predicted molar refractivity (Wildman–Crippen MR) is 87.5 cm³/mol. The molecule has 0 radical (unpaired) electrons. The molecular formula is C12H15BrIN3O2. The number of aliphatic imine (C=N–C) groups is 1. The van der Waals surface area contributed by atoms with Crippen LogP contribution in [-0.2, 0) is 6.54 Å². The number of nitrogens with zero attached hydrogens (tertiary/aromatic N) is 2. The molecule has 0 aromatic heterocycles. The van der Waals surface area contributed by atoms with Crippen molar-refractivity contribution in [3.8, 4) is 11.5 Å². The summed E-state index contributed by atoms with van der Waals surface area (Å²) in [4.78, 5) is 6.50. The molecule has 2 heterocycles. The smallest absolute Gasteiger partial charge is 0.231 e. The van der Waals surface area contributed by atoms with Crippen molar-refractivity contribution in [3.63, 3.8) is 0 Å². The van der Waals surface area contributed by atoms with Crippen LogP contribution in [0.25, 0.3) is 0 Å². The molecule has 1 aromatic rings. The molecule has 3 rings (SSSR count). The number of rotatable bonds is 2. The summed E-state index contributed by atoms with van der Waals surface area (Å²) >= 11 is 3.49. The average Bonchev–Trinajstić information content (AvgIpc) is 2.95. The Hall–Kier alpha value is -0.700. The zero-order chi connectivity index (χ0) is 12.5. The van der Waals surface area contributed by atoms with Gasteiger partial charge in [-0.25, -0.2) is 0 Å². The number of nitrogens with one attached hydrogen (secondary N) is 1. The molecule has 0 saturated carbocycles. The molecule has 0 saturated heterocycles. The maximum absolute atomic E-state index is 5.39. The van der Waals surface area contributed by atoms with Gasteiger partial charge in [0, 0.05) is 20.1 Å². The molecule has 0 unspecified atom stereocenters. The van der Waals surface area contributed by atoms with Crippen LogP contribution >= 0.6 is 39.9 Å². The number of halogens is 2. The zero-order valence-corrected chi connectivity index (χ0v) is 14.4. The molecule has 5 nitrogen and oxygen atoms in total. The first kappa shape index (κ1) is 14.7. The molecule has 2 aliphatic rings. The van der Waals surface area contributed by atoms with Gasteiger partial charge in [0.25, 0.3) is 0 Å². The molecule has 0 amide bonds. The first-order chi connectivity index (χ1) is 8.74. The third kappa shape index (κ3) is 3.07. The van der Waals surface area contributed by atoms with Crippen molar-refractivity contribution < 1.29 is 9.47 Å². The minimum absolute atomic E-state index is 0. The van der Waals surface area contributed by atoms with Crippen LogP contribution < -0.4 is 14.8 Å². The highest BCUT2D eigenvalue weighted by Crippen LogP contribution is 2.39. The summed E-state index contributed by atoms with van der Waals surface area (Å²) in [7, 11) is 2.04. The molecule has 104 valence electrons. The van der Waals surface area contributed by atoms with Crippen molar-refractivity contribution in [2.45, 2.75) is 6.54 Å². The van der Waals surface area contributed by atoms with Crippen molar-refractivity contribution in [3.05, 3.63) is 22.2 Å². The lowest BCUT2D eigenvalue weighted by molar-refractivity contribution is 0.173. The van der Waals surface area contributed by atoms with E-state index in [0.29, 0.717) is 6.79 Å². The van der Waals surface area contributed by atoms with Gasteiger partial charge in [0.1, 0.15) is 0 Å². The third-order valence-corrected chi connectivity index (χ3v) is 3.59. The van der Waals surface area contributed by atoms with Crippen LogP contribution in [0.5, 0.6) is 11.5 Å². The normalized spacial score (nSPS) is 16.1. The highest BCUT2D eigenvalue weighted by Gasteiger charge is 2.18. The van der Waals surface area contributed by atoms with Crippen molar-refractivity contribution in [1.29, 1.82) is 0 Å². The molecule has 1 aromatic carbocycles. The molecule has 2 aliphatic heterocycles. The molecule has 19 heavy (non-hydrogen) atoms. The van der Waals surface area contributed by atoms with E-state index in [9.17, 15) is 0 Å².